The predicted molar refractivity (Wildman–Crippen MR) is 137 cm³/mol. The van der Waals surface area contributed by atoms with E-state index in [0.29, 0.717) is 29.3 Å². The number of hydrogen-bond acceptors (Lipinski definition) is 2. The lowest BCUT2D eigenvalue weighted by molar-refractivity contribution is -0.141. The summed E-state index contributed by atoms with van der Waals surface area (Å²) in [7, 11) is 0. The Morgan fingerprint density at radius 1 is 0.970 bits per heavy atom. The first-order valence-corrected chi connectivity index (χ1v) is 12.1. The number of nitrogens with zero attached hydrogens (tertiary/aromatic N) is 1. The van der Waals surface area contributed by atoms with Crippen LogP contribution in [0.25, 0.3) is 10.8 Å². The van der Waals surface area contributed by atoms with Crippen molar-refractivity contribution in [2.45, 2.75) is 58.7 Å². The Bertz CT molecular complexity index is 1120. The van der Waals surface area contributed by atoms with Crippen molar-refractivity contribution >= 4 is 45.8 Å². The fourth-order valence-electron chi connectivity index (χ4n) is 4.03. The maximum Gasteiger partial charge on any atom is 0.243 e. The van der Waals surface area contributed by atoms with E-state index < -0.39 is 6.04 Å². The second-order valence-corrected chi connectivity index (χ2v) is 9.33. The number of aryl methyl sites for hydroxylation is 1. The summed E-state index contributed by atoms with van der Waals surface area (Å²) in [6.45, 7) is 5.98. The second kappa shape index (κ2) is 11.5. The highest BCUT2D eigenvalue weighted by molar-refractivity contribution is 6.35. The first kappa shape index (κ1) is 25.1. The van der Waals surface area contributed by atoms with E-state index in [4.69, 9.17) is 23.2 Å². The summed E-state index contributed by atoms with van der Waals surface area (Å²) in [5.74, 6) is -0.240. The molecule has 4 nitrogen and oxygen atoms in total. The van der Waals surface area contributed by atoms with Crippen LogP contribution >= 0.6 is 23.2 Å². The summed E-state index contributed by atoms with van der Waals surface area (Å²) < 4.78 is 0. The van der Waals surface area contributed by atoms with E-state index in [-0.39, 0.29) is 24.4 Å². The molecule has 2 amide bonds. The van der Waals surface area contributed by atoms with Crippen LogP contribution in [-0.4, -0.2) is 28.8 Å². The Labute approximate surface area is 205 Å². The summed E-state index contributed by atoms with van der Waals surface area (Å²) in [6.07, 6.45) is 1.39. The molecule has 0 aliphatic rings. The zero-order chi connectivity index (χ0) is 24.0. The van der Waals surface area contributed by atoms with Crippen molar-refractivity contribution in [3.63, 3.8) is 0 Å². The molecule has 0 bridgehead atoms. The SMILES string of the molecule is CC[C@@H](C(=O)NC(C)C)N(Cc1ccc(Cl)cc1Cl)C(=O)CCc1cccc2ccccc12. The van der Waals surface area contributed by atoms with Gasteiger partial charge >= 0.3 is 0 Å². The van der Waals surface area contributed by atoms with Gasteiger partial charge in [-0.15, -0.1) is 0 Å². The van der Waals surface area contributed by atoms with E-state index in [1.165, 1.54) is 0 Å². The average molecular weight is 485 g/mol. The third kappa shape index (κ3) is 6.49. The first-order chi connectivity index (χ1) is 15.8. The van der Waals surface area contributed by atoms with Crippen molar-refractivity contribution in [2.24, 2.45) is 0 Å². The summed E-state index contributed by atoms with van der Waals surface area (Å²) >= 11 is 12.5. The van der Waals surface area contributed by atoms with Gasteiger partial charge in [0.05, 0.1) is 0 Å². The molecule has 0 radical (unpaired) electrons. The molecule has 3 aromatic carbocycles. The Morgan fingerprint density at radius 2 is 1.70 bits per heavy atom. The van der Waals surface area contributed by atoms with Crippen molar-refractivity contribution < 1.29 is 9.59 Å². The summed E-state index contributed by atoms with van der Waals surface area (Å²) in [5.41, 5.74) is 1.88. The standard InChI is InChI=1S/C27H30Cl2N2O2/c1-4-25(27(33)30-18(2)3)31(17-21-12-14-22(28)16-24(21)29)26(32)15-13-20-10-7-9-19-8-5-6-11-23(19)20/h5-12,14,16,18,25H,4,13,15,17H2,1-3H3,(H,30,33)/t25-/m0/s1. The number of amides is 2. The van der Waals surface area contributed by atoms with Gasteiger partial charge in [0.15, 0.2) is 0 Å². The summed E-state index contributed by atoms with van der Waals surface area (Å²) in [6, 6.07) is 18.9. The first-order valence-electron chi connectivity index (χ1n) is 11.3. The minimum absolute atomic E-state index is 0.0155. The van der Waals surface area contributed by atoms with Gasteiger partial charge in [-0.25, -0.2) is 0 Å². The quantitative estimate of drug-likeness (QED) is 0.381. The lowest BCUT2D eigenvalue weighted by Crippen LogP contribution is -2.50. The van der Waals surface area contributed by atoms with Gasteiger partial charge in [-0.3, -0.25) is 9.59 Å². The van der Waals surface area contributed by atoms with Crippen LogP contribution in [0.4, 0.5) is 0 Å². The predicted octanol–water partition coefficient (Wildman–Crippen LogP) is 6.41. The minimum Gasteiger partial charge on any atom is -0.352 e. The molecular formula is C27H30Cl2N2O2. The summed E-state index contributed by atoms with van der Waals surface area (Å²) in [4.78, 5) is 28.1. The topological polar surface area (TPSA) is 49.4 Å². The molecule has 1 N–H and O–H groups in total. The third-order valence-electron chi connectivity index (χ3n) is 5.66. The molecule has 1 atom stereocenters. The number of carbonyl (C=O) groups is 2. The average Bonchev–Trinajstić information content (AvgIpc) is 2.78. The van der Waals surface area contributed by atoms with Crippen LogP contribution < -0.4 is 5.32 Å². The van der Waals surface area contributed by atoms with Crippen molar-refractivity contribution in [1.82, 2.24) is 10.2 Å². The maximum atomic E-state index is 13.5. The molecule has 0 saturated heterocycles. The van der Waals surface area contributed by atoms with Crippen molar-refractivity contribution in [1.29, 1.82) is 0 Å². The number of benzene rings is 3. The molecule has 33 heavy (non-hydrogen) atoms. The van der Waals surface area contributed by atoms with Crippen molar-refractivity contribution in [3.8, 4) is 0 Å². The zero-order valence-electron chi connectivity index (χ0n) is 19.3. The molecule has 0 aromatic heterocycles. The Morgan fingerprint density at radius 3 is 2.39 bits per heavy atom. The second-order valence-electron chi connectivity index (χ2n) is 8.48. The molecule has 0 fully saturated rings. The smallest absolute Gasteiger partial charge is 0.243 e. The highest BCUT2D eigenvalue weighted by atomic mass is 35.5. The fraction of sp³-hybridized carbons (Fsp3) is 0.333. The van der Waals surface area contributed by atoms with Crippen LogP contribution in [0, 0.1) is 0 Å². The Balaban J connectivity index is 1.86. The van der Waals surface area contributed by atoms with Crippen molar-refractivity contribution in [3.05, 3.63) is 81.8 Å². The van der Waals surface area contributed by atoms with Gasteiger partial charge in [-0.2, -0.15) is 0 Å². The molecule has 0 aliphatic carbocycles. The van der Waals surface area contributed by atoms with E-state index in [2.05, 4.69) is 29.6 Å². The minimum atomic E-state index is -0.584. The number of rotatable bonds is 9. The Kier molecular flexibility index (Phi) is 8.76. The van der Waals surface area contributed by atoms with E-state index >= 15 is 0 Å². The molecular weight excluding hydrogens is 455 g/mol. The van der Waals surface area contributed by atoms with Crippen LogP contribution in [0.2, 0.25) is 10.0 Å². The molecule has 6 heteroatoms. The number of carbonyl (C=O) groups excluding carboxylic acids is 2. The molecule has 0 aliphatic heterocycles. The van der Waals surface area contributed by atoms with Crippen LogP contribution in [0.5, 0.6) is 0 Å². The monoisotopic (exact) mass is 484 g/mol. The Hall–Kier alpha value is -2.56. The normalized spacial score (nSPS) is 12.1. The maximum absolute atomic E-state index is 13.5. The number of hydrogen-bond donors (Lipinski definition) is 1. The fourth-order valence-corrected chi connectivity index (χ4v) is 4.50. The van der Waals surface area contributed by atoms with Gasteiger partial charge in [0.1, 0.15) is 6.04 Å². The molecule has 0 unspecified atom stereocenters. The third-order valence-corrected chi connectivity index (χ3v) is 6.25. The summed E-state index contributed by atoms with van der Waals surface area (Å²) in [5, 5.41) is 6.25. The van der Waals surface area contributed by atoms with Gasteiger partial charge in [-0.05, 0) is 60.7 Å². The molecule has 0 saturated carbocycles. The number of halogens is 2. The largest absolute Gasteiger partial charge is 0.352 e. The van der Waals surface area contributed by atoms with Gasteiger partial charge in [0.2, 0.25) is 11.8 Å². The van der Waals surface area contributed by atoms with Gasteiger partial charge in [0, 0.05) is 29.1 Å². The highest BCUT2D eigenvalue weighted by Crippen LogP contribution is 2.25. The molecule has 3 rings (SSSR count). The van der Waals surface area contributed by atoms with E-state index in [1.807, 2.05) is 45.0 Å². The van der Waals surface area contributed by atoms with Crippen molar-refractivity contribution in [2.75, 3.05) is 0 Å². The highest BCUT2D eigenvalue weighted by Gasteiger charge is 2.29. The van der Waals surface area contributed by atoms with Gasteiger partial charge in [0.25, 0.3) is 0 Å². The van der Waals surface area contributed by atoms with E-state index in [9.17, 15) is 9.59 Å². The van der Waals surface area contributed by atoms with Crippen LogP contribution in [0.1, 0.15) is 44.7 Å². The van der Waals surface area contributed by atoms with Gasteiger partial charge in [-0.1, -0.05) is 78.7 Å². The van der Waals surface area contributed by atoms with Gasteiger partial charge < -0.3 is 10.2 Å². The number of nitrogens with one attached hydrogen (secondary N) is 1. The molecule has 174 valence electrons. The molecule has 0 spiro atoms. The lowest BCUT2D eigenvalue weighted by atomic mass is 10.00. The lowest BCUT2D eigenvalue weighted by Gasteiger charge is -2.31. The molecule has 0 heterocycles. The zero-order valence-corrected chi connectivity index (χ0v) is 20.8. The van der Waals surface area contributed by atoms with Crippen LogP contribution in [0.3, 0.4) is 0 Å². The van der Waals surface area contributed by atoms with Crippen LogP contribution in [-0.2, 0) is 22.6 Å². The van der Waals surface area contributed by atoms with E-state index in [1.54, 1.807) is 17.0 Å². The van der Waals surface area contributed by atoms with E-state index in [0.717, 1.165) is 21.9 Å². The van der Waals surface area contributed by atoms with Crippen LogP contribution in [0.15, 0.2) is 60.7 Å². The number of fused-ring (bicyclic) bond motifs is 1. The molecule has 3 aromatic rings.